The van der Waals surface area contributed by atoms with E-state index in [1.165, 1.54) is 0 Å². The van der Waals surface area contributed by atoms with Gasteiger partial charge in [-0.3, -0.25) is 9.67 Å². The predicted molar refractivity (Wildman–Crippen MR) is 75.2 cm³/mol. The number of nitrogens with two attached hydrogens (primary N) is 1. The first kappa shape index (κ1) is 13.2. The first-order valence-corrected chi connectivity index (χ1v) is 6.82. The molecule has 2 heterocycles. The molecule has 2 N–H and O–H groups in total. The van der Waals surface area contributed by atoms with Crippen LogP contribution in [0.1, 0.15) is 36.3 Å². The minimum Gasteiger partial charge on any atom is -0.318 e. The van der Waals surface area contributed by atoms with Crippen LogP contribution in [-0.4, -0.2) is 14.8 Å². The molecule has 0 aromatic carbocycles. The molecule has 1 atom stereocenters. The predicted octanol–water partition coefficient (Wildman–Crippen LogP) is 2.81. The smallest absolute Gasteiger partial charge is 0.0911 e. The van der Waals surface area contributed by atoms with Crippen molar-refractivity contribution in [1.29, 1.82) is 0 Å². The van der Waals surface area contributed by atoms with Crippen molar-refractivity contribution in [3.63, 3.8) is 0 Å². The highest BCUT2D eigenvalue weighted by atomic mass is 79.9. The van der Waals surface area contributed by atoms with Gasteiger partial charge in [0.25, 0.3) is 0 Å². The number of aryl methyl sites for hydroxylation is 2. The third-order valence-corrected chi connectivity index (χ3v) is 3.52. The van der Waals surface area contributed by atoms with Crippen molar-refractivity contribution in [3.8, 4) is 0 Å². The van der Waals surface area contributed by atoms with Crippen LogP contribution in [0.5, 0.6) is 0 Å². The van der Waals surface area contributed by atoms with Crippen LogP contribution in [0.3, 0.4) is 0 Å². The SMILES string of the molecule is CCCn1ncc(Br)c1C(N)c1ncccc1C. The zero-order valence-corrected chi connectivity index (χ0v) is 12.2. The van der Waals surface area contributed by atoms with Crippen molar-refractivity contribution in [3.05, 3.63) is 46.0 Å². The molecule has 5 heteroatoms. The molecule has 2 rings (SSSR count). The maximum Gasteiger partial charge on any atom is 0.0911 e. The van der Waals surface area contributed by atoms with E-state index in [-0.39, 0.29) is 6.04 Å². The molecule has 0 radical (unpaired) electrons. The Morgan fingerprint density at radius 3 is 2.94 bits per heavy atom. The minimum absolute atomic E-state index is 0.255. The molecule has 0 saturated heterocycles. The Morgan fingerprint density at radius 1 is 1.50 bits per heavy atom. The molecular weight excluding hydrogens is 292 g/mol. The van der Waals surface area contributed by atoms with Crippen LogP contribution in [0.2, 0.25) is 0 Å². The Labute approximate surface area is 115 Å². The summed E-state index contributed by atoms with van der Waals surface area (Å²) in [5.74, 6) is 0. The van der Waals surface area contributed by atoms with Gasteiger partial charge in [-0.25, -0.2) is 0 Å². The van der Waals surface area contributed by atoms with Crippen molar-refractivity contribution in [2.24, 2.45) is 5.73 Å². The molecule has 0 bridgehead atoms. The highest BCUT2D eigenvalue weighted by Gasteiger charge is 2.20. The summed E-state index contributed by atoms with van der Waals surface area (Å²) in [6.07, 6.45) is 4.59. The molecule has 0 aliphatic heterocycles. The van der Waals surface area contributed by atoms with Gasteiger partial charge in [-0.15, -0.1) is 0 Å². The summed E-state index contributed by atoms with van der Waals surface area (Å²) >= 11 is 3.52. The van der Waals surface area contributed by atoms with Gasteiger partial charge in [0.1, 0.15) is 0 Å². The molecule has 96 valence electrons. The van der Waals surface area contributed by atoms with Crippen LogP contribution in [0, 0.1) is 6.92 Å². The minimum atomic E-state index is -0.255. The number of hydrogen-bond donors (Lipinski definition) is 1. The lowest BCUT2D eigenvalue weighted by Crippen LogP contribution is -2.20. The van der Waals surface area contributed by atoms with E-state index in [1.54, 1.807) is 12.4 Å². The summed E-state index contributed by atoms with van der Waals surface area (Å²) in [4.78, 5) is 4.39. The molecule has 0 amide bonds. The molecule has 0 fully saturated rings. The van der Waals surface area contributed by atoms with Crippen LogP contribution < -0.4 is 5.73 Å². The number of aromatic nitrogens is 3. The molecule has 1 unspecified atom stereocenters. The second-order valence-corrected chi connectivity index (χ2v) is 5.14. The Bertz CT molecular complexity index is 536. The molecule has 2 aromatic heterocycles. The topological polar surface area (TPSA) is 56.7 Å². The lowest BCUT2D eigenvalue weighted by Gasteiger charge is -2.16. The zero-order chi connectivity index (χ0) is 13.1. The quantitative estimate of drug-likeness (QED) is 0.945. The third kappa shape index (κ3) is 2.47. The van der Waals surface area contributed by atoms with E-state index in [0.717, 1.165) is 34.4 Å². The fraction of sp³-hybridized carbons (Fsp3) is 0.385. The third-order valence-electron chi connectivity index (χ3n) is 2.91. The Kier molecular flexibility index (Phi) is 4.14. The molecule has 4 nitrogen and oxygen atoms in total. The normalized spacial score (nSPS) is 12.7. The van der Waals surface area contributed by atoms with E-state index in [2.05, 4.69) is 32.9 Å². The summed E-state index contributed by atoms with van der Waals surface area (Å²) in [6.45, 7) is 5.01. The summed E-state index contributed by atoms with van der Waals surface area (Å²) in [7, 11) is 0. The van der Waals surface area contributed by atoms with E-state index in [4.69, 9.17) is 5.73 Å². The van der Waals surface area contributed by atoms with Crippen molar-refractivity contribution >= 4 is 15.9 Å². The lowest BCUT2D eigenvalue weighted by molar-refractivity contribution is 0.555. The summed E-state index contributed by atoms with van der Waals surface area (Å²) in [6, 6.07) is 3.69. The molecular formula is C13H17BrN4. The Balaban J connectivity index is 2.42. The van der Waals surface area contributed by atoms with Gasteiger partial charge < -0.3 is 5.73 Å². The lowest BCUT2D eigenvalue weighted by atomic mass is 10.1. The Hall–Kier alpha value is -1.20. The largest absolute Gasteiger partial charge is 0.318 e. The van der Waals surface area contributed by atoms with Gasteiger partial charge in [-0.05, 0) is 40.9 Å². The van der Waals surface area contributed by atoms with Gasteiger partial charge in [-0.1, -0.05) is 13.0 Å². The standard InChI is InChI=1S/C13H17BrN4/c1-3-7-18-13(10(14)8-17-18)11(15)12-9(2)5-4-6-16-12/h4-6,8,11H,3,7,15H2,1-2H3. The van der Waals surface area contributed by atoms with Crippen molar-refractivity contribution in [2.45, 2.75) is 32.9 Å². The molecule has 0 spiro atoms. The Morgan fingerprint density at radius 2 is 2.28 bits per heavy atom. The van der Waals surface area contributed by atoms with Gasteiger partial charge >= 0.3 is 0 Å². The average Bonchev–Trinajstić information content (AvgIpc) is 2.71. The summed E-state index contributed by atoms with van der Waals surface area (Å²) in [5.41, 5.74) is 9.32. The fourth-order valence-corrected chi connectivity index (χ4v) is 2.57. The van der Waals surface area contributed by atoms with Crippen molar-refractivity contribution in [2.75, 3.05) is 0 Å². The van der Waals surface area contributed by atoms with Crippen LogP contribution in [0.25, 0.3) is 0 Å². The second-order valence-electron chi connectivity index (χ2n) is 4.28. The van der Waals surface area contributed by atoms with Crippen LogP contribution in [0.15, 0.2) is 29.0 Å². The molecule has 18 heavy (non-hydrogen) atoms. The van der Waals surface area contributed by atoms with E-state index >= 15 is 0 Å². The number of halogens is 1. The maximum absolute atomic E-state index is 6.34. The van der Waals surface area contributed by atoms with E-state index in [1.807, 2.05) is 23.7 Å². The zero-order valence-electron chi connectivity index (χ0n) is 10.6. The second kappa shape index (κ2) is 5.63. The monoisotopic (exact) mass is 308 g/mol. The average molecular weight is 309 g/mol. The first-order valence-electron chi connectivity index (χ1n) is 6.03. The van der Waals surface area contributed by atoms with Gasteiger partial charge in [0.2, 0.25) is 0 Å². The first-order chi connectivity index (χ1) is 8.65. The van der Waals surface area contributed by atoms with E-state index in [0.29, 0.717) is 0 Å². The highest BCUT2D eigenvalue weighted by molar-refractivity contribution is 9.10. The number of hydrogen-bond acceptors (Lipinski definition) is 3. The molecule has 2 aromatic rings. The van der Waals surface area contributed by atoms with E-state index < -0.39 is 0 Å². The fourth-order valence-electron chi connectivity index (χ4n) is 2.02. The molecule has 0 aliphatic carbocycles. The van der Waals surface area contributed by atoms with Crippen LogP contribution in [0.4, 0.5) is 0 Å². The molecule has 0 aliphatic rings. The summed E-state index contributed by atoms with van der Waals surface area (Å²) < 4.78 is 2.89. The van der Waals surface area contributed by atoms with E-state index in [9.17, 15) is 0 Å². The maximum atomic E-state index is 6.34. The molecule has 0 saturated carbocycles. The van der Waals surface area contributed by atoms with Gasteiger partial charge in [-0.2, -0.15) is 5.10 Å². The van der Waals surface area contributed by atoms with Crippen molar-refractivity contribution < 1.29 is 0 Å². The highest BCUT2D eigenvalue weighted by Crippen LogP contribution is 2.27. The van der Waals surface area contributed by atoms with Crippen LogP contribution in [-0.2, 0) is 6.54 Å². The summed E-state index contributed by atoms with van der Waals surface area (Å²) in [5, 5.41) is 4.34. The van der Waals surface area contributed by atoms with Gasteiger partial charge in [0, 0.05) is 12.7 Å². The van der Waals surface area contributed by atoms with Gasteiger partial charge in [0.15, 0.2) is 0 Å². The van der Waals surface area contributed by atoms with Crippen molar-refractivity contribution in [1.82, 2.24) is 14.8 Å². The number of nitrogens with zero attached hydrogens (tertiary/aromatic N) is 3. The number of pyridine rings is 1. The van der Waals surface area contributed by atoms with Gasteiger partial charge in [0.05, 0.1) is 28.1 Å². The number of rotatable bonds is 4. The van der Waals surface area contributed by atoms with Crippen LogP contribution >= 0.6 is 15.9 Å².